The lowest BCUT2D eigenvalue weighted by Gasteiger charge is -2.05. The van der Waals surface area contributed by atoms with Crippen molar-refractivity contribution in [3.63, 3.8) is 0 Å². The highest BCUT2D eigenvalue weighted by atomic mass is 16.5. The Kier molecular flexibility index (Phi) is 2.25. The van der Waals surface area contributed by atoms with Gasteiger partial charge in [0.25, 0.3) is 11.6 Å². The second-order valence-electron chi connectivity index (χ2n) is 2.01. The summed E-state index contributed by atoms with van der Waals surface area (Å²) in [4.78, 5) is 14.9. The maximum atomic E-state index is 11.1. The van der Waals surface area contributed by atoms with Gasteiger partial charge in [0.05, 0.1) is 7.11 Å². The Hall–Kier alpha value is -1.32. The molecule has 0 aliphatic carbocycles. The molecule has 4 heteroatoms. The van der Waals surface area contributed by atoms with Gasteiger partial charge in [-0.1, -0.05) is 0 Å². The number of rotatable bonds is 2. The molecule has 1 heterocycles. The minimum atomic E-state index is -0.0839. The SMILES string of the molecule is CCn1c(OC)nccc1=O. The molecule has 1 aromatic heterocycles. The van der Waals surface area contributed by atoms with Crippen molar-refractivity contribution in [3.05, 3.63) is 22.6 Å². The topological polar surface area (TPSA) is 44.1 Å². The molecule has 0 bridgehead atoms. The number of ether oxygens (including phenoxy) is 1. The van der Waals surface area contributed by atoms with E-state index >= 15 is 0 Å². The van der Waals surface area contributed by atoms with Gasteiger partial charge < -0.3 is 4.74 Å². The standard InChI is InChI=1S/C7H10N2O2/c1-3-9-6(10)4-5-8-7(9)11-2/h4-5H,3H2,1-2H3. The summed E-state index contributed by atoms with van der Waals surface area (Å²) in [6.07, 6.45) is 1.44. The van der Waals surface area contributed by atoms with Crippen molar-refractivity contribution in [1.29, 1.82) is 0 Å². The second-order valence-corrected chi connectivity index (χ2v) is 2.01. The maximum absolute atomic E-state index is 11.1. The van der Waals surface area contributed by atoms with Crippen LogP contribution in [0.4, 0.5) is 0 Å². The van der Waals surface area contributed by atoms with Gasteiger partial charge in [-0.2, -0.15) is 0 Å². The molecule has 0 amide bonds. The van der Waals surface area contributed by atoms with Gasteiger partial charge in [0, 0.05) is 18.8 Å². The molecule has 1 rings (SSSR count). The minimum absolute atomic E-state index is 0.0839. The zero-order chi connectivity index (χ0) is 8.27. The number of hydrogen-bond donors (Lipinski definition) is 0. The van der Waals surface area contributed by atoms with Gasteiger partial charge in [-0.3, -0.25) is 9.36 Å². The summed E-state index contributed by atoms with van der Waals surface area (Å²) < 4.78 is 6.33. The van der Waals surface area contributed by atoms with Gasteiger partial charge in [0.1, 0.15) is 0 Å². The molecule has 4 nitrogen and oxygen atoms in total. The third kappa shape index (κ3) is 1.39. The van der Waals surface area contributed by atoms with Crippen LogP contribution >= 0.6 is 0 Å². The largest absolute Gasteiger partial charge is 0.468 e. The van der Waals surface area contributed by atoms with E-state index in [2.05, 4.69) is 4.98 Å². The normalized spacial score (nSPS) is 9.64. The lowest BCUT2D eigenvalue weighted by atomic mass is 10.6. The van der Waals surface area contributed by atoms with E-state index in [1.807, 2.05) is 6.92 Å². The number of methoxy groups -OCH3 is 1. The Morgan fingerprint density at radius 3 is 2.91 bits per heavy atom. The third-order valence-corrected chi connectivity index (χ3v) is 1.40. The van der Waals surface area contributed by atoms with E-state index in [4.69, 9.17) is 4.74 Å². The highest BCUT2D eigenvalue weighted by Crippen LogP contribution is 1.99. The van der Waals surface area contributed by atoms with Crippen LogP contribution in [0.3, 0.4) is 0 Å². The van der Waals surface area contributed by atoms with Crippen LogP contribution in [0.2, 0.25) is 0 Å². The smallest absolute Gasteiger partial charge is 0.298 e. The van der Waals surface area contributed by atoms with Crippen LogP contribution in [0, 0.1) is 0 Å². The lowest BCUT2D eigenvalue weighted by Crippen LogP contribution is -2.20. The van der Waals surface area contributed by atoms with Gasteiger partial charge in [-0.25, -0.2) is 4.98 Å². The number of aromatic nitrogens is 2. The Labute approximate surface area is 64.5 Å². The molecule has 0 aliphatic rings. The highest BCUT2D eigenvalue weighted by molar-refractivity contribution is 4.98. The molecule has 0 saturated heterocycles. The molecule has 60 valence electrons. The molecule has 0 saturated carbocycles. The van der Waals surface area contributed by atoms with Crippen molar-refractivity contribution in [2.75, 3.05) is 7.11 Å². The van der Waals surface area contributed by atoms with E-state index in [1.165, 1.54) is 23.9 Å². The van der Waals surface area contributed by atoms with Crippen LogP contribution in [0.1, 0.15) is 6.92 Å². The molecule has 1 aromatic rings. The molecule has 0 N–H and O–H groups in total. The fraction of sp³-hybridized carbons (Fsp3) is 0.429. The van der Waals surface area contributed by atoms with E-state index in [0.29, 0.717) is 12.6 Å². The first-order valence-electron chi connectivity index (χ1n) is 3.39. The summed E-state index contributed by atoms with van der Waals surface area (Å²) in [5.41, 5.74) is -0.0839. The zero-order valence-electron chi connectivity index (χ0n) is 6.57. The molecular formula is C7H10N2O2. The summed E-state index contributed by atoms with van der Waals surface area (Å²) in [6, 6.07) is 1.77. The van der Waals surface area contributed by atoms with E-state index in [1.54, 1.807) is 0 Å². The van der Waals surface area contributed by atoms with E-state index in [9.17, 15) is 4.79 Å². The van der Waals surface area contributed by atoms with Crippen LogP contribution < -0.4 is 10.3 Å². The lowest BCUT2D eigenvalue weighted by molar-refractivity contribution is 0.348. The average molecular weight is 154 g/mol. The first-order chi connectivity index (χ1) is 5.29. The van der Waals surface area contributed by atoms with Gasteiger partial charge in [0.15, 0.2) is 0 Å². The molecule has 0 aromatic carbocycles. The molecule has 0 fully saturated rings. The monoisotopic (exact) mass is 154 g/mol. The average Bonchev–Trinajstić information content (AvgIpc) is 2.04. The third-order valence-electron chi connectivity index (χ3n) is 1.40. The number of nitrogens with zero attached hydrogens (tertiary/aromatic N) is 2. The van der Waals surface area contributed by atoms with Crippen LogP contribution in [-0.2, 0) is 6.54 Å². The van der Waals surface area contributed by atoms with Crippen molar-refractivity contribution >= 4 is 0 Å². The summed E-state index contributed by atoms with van der Waals surface area (Å²) >= 11 is 0. The quantitative estimate of drug-likeness (QED) is 0.614. The van der Waals surface area contributed by atoms with Crippen molar-refractivity contribution in [2.24, 2.45) is 0 Å². The summed E-state index contributed by atoms with van der Waals surface area (Å²) in [7, 11) is 1.49. The van der Waals surface area contributed by atoms with E-state index in [-0.39, 0.29) is 5.56 Å². The first-order valence-corrected chi connectivity index (χ1v) is 3.39. The zero-order valence-corrected chi connectivity index (χ0v) is 6.57. The Balaban J connectivity index is 3.24. The summed E-state index contributed by atoms with van der Waals surface area (Å²) in [6.45, 7) is 2.45. The second kappa shape index (κ2) is 3.18. The minimum Gasteiger partial charge on any atom is -0.468 e. The fourth-order valence-corrected chi connectivity index (χ4v) is 0.873. The fourth-order valence-electron chi connectivity index (χ4n) is 0.873. The van der Waals surface area contributed by atoms with Crippen LogP contribution in [0.15, 0.2) is 17.1 Å². The molecule has 0 atom stereocenters. The van der Waals surface area contributed by atoms with Crippen molar-refractivity contribution in [2.45, 2.75) is 13.5 Å². The molecule has 0 unspecified atom stereocenters. The first kappa shape index (κ1) is 7.78. The van der Waals surface area contributed by atoms with Gasteiger partial charge in [-0.05, 0) is 6.92 Å². The maximum Gasteiger partial charge on any atom is 0.298 e. The van der Waals surface area contributed by atoms with Crippen LogP contribution in [-0.4, -0.2) is 16.7 Å². The molecular weight excluding hydrogens is 144 g/mol. The molecule has 0 spiro atoms. The molecule has 11 heavy (non-hydrogen) atoms. The molecule has 0 radical (unpaired) electrons. The Morgan fingerprint density at radius 1 is 1.73 bits per heavy atom. The van der Waals surface area contributed by atoms with Gasteiger partial charge in [0.2, 0.25) is 0 Å². The van der Waals surface area contributed by atoms with Crippen LogP contribution in [0.25, 0.3) is 0 Å². The Morgan fingerprint density at radius 2 is 2.45 bits per heavy atom. The van der Waals surface area contributed by atoms with E-state index < -0.39 is 0 Å². The Bertz CT molecular complexity index is 293. The predicted molar refractivity (Wildman–Crippen MR) is 40.7 cm³/mol. The van der Waals surface area contributed by atoms with Crippen molar-refractivity contribution in [1.82, 2.24) is 9.55 Å². The number of hydrogen-bond acceptors (Lipinski definition) is 3. The van der Waals surface area contributed by atoms with Crippen molar-refractivity contribution < 1.29 is 4.74 Å². The predicted octanol–water partition coefficient (Wildman–Crippen LogP) is 0.272. The highest BCUT2D eigenvalue weighted by Gasteiger charge is 2.00. The summed E-state index contributed by atoms with van der Waals surface area (Å²) in [5, 5.41) is 0. The van der Waals surface area contributed by atoms with E-state index in [0.717, 1.165) is 0 Å². The van der Waals surface area contributed by atoms with Gasteiger partial charge >= 0.3 is 0 Å². The molecule has 0 aliphatic heterocycles. The van der Waals surface area contributed by atoms with Crippen molar-refractivity contribution in [3.8, 4) is 6.01 Å². The summed E-state index contributed by atoms with van der Waals surface area (Å²) in [5.74, 6) is 0. The van der Waals surface area contributed by atoms with Gasteiger partial charge in [-0.15, -0.1) is 0 Å². The van der Waals surface area contributed by atoms with Crippen LogP contribution in [0.5, 0.6) is 6.01 Å².